The first-order valence-electron chi connectivity index (χ1n) is 4.81. The number of esters is 1. The number of ether oxygens (including phenoxy) is 1. The lowest BCUT2D eigenvalue weighted by atomic mass is 10.3. The van der Waals surface area contributed by atoms with E-state index in [2.05, 4.69) is 4.72 Å². The van der Waals surface area contributed by atoms with E-state index in [-0.39, 0.29) is 28.8 Å². The quantitative estimate of drug-likeness (QED) is 0.643. The van der Waals surface area contributed by atoms with Crippen molar-refractivity contribution in [1.82, 2.24) is 0 Å². The molecule has 0 aliphatic rings. The van der Waals surface area contributed by atoms with Gasteiger partial charge in [0.25, 0.3) is 0 Å². The Hall–Kier alpha value is -0.790. The summed E-state index contributed by atoms with van der Waals surface area (Å²) >= 11 is 6.49. The molecule has 17 heavy (non-hydrogen) atoms. The van der Waals surface area contributed by atoms with Crippen LogP contribution in [0.25, 0.3) is 0 Å². The Morgan fingerprint density at radius 2 is 2.29 bits per heavy atom. The molecule has 0 aliphatic carbocycles. The van der Waals surface area contributed by atoms with Crippen LogP contribution in [0.15, 0.2) is 11.4 Å². The van der Waals surface area contributed by atoms with Gasteiger partial charge in [-0.3, -0.25) is 4.72 Å². The van der Waals surface area contributed by atoms with Gasteiger partial charge in [-0.1, -0.05) is 0 Å². The predicted octanol–water partition coefficient (Wildman–Crippen LogP) is 1.91. The molecule has 1 heterocycles. The lowest BCUT2D eigenvalue weighted by Crippen LogP contribution is -2.18. The SMILES string of the molecule is CCOC(=O)c1ccsc1NS(=O)(=O)CCCl. The third-order valence-corrected chi connectivity index (χ3v) is 4.38. The number of hydrogen-bond acceptors (Lipinski definition) is 5. The molecule has 1 aromatic heterocycles. The molecular weight excluding hydrogens is 286 g/mol. The summed E-state index contributed by atoms with van der Waals surface area (Å²) in [7, 11) is -3.50. The van der Waals surface area contributed by atoms with Crippen molar-refractivity contribution < 1.29 is 17.9 Å². The molecule has 0 atom stereocenters. The van der Waals surface area contributed by atoms with Crippen LogP contribution in [0.4, 0.5) is 5.00 Å². The summed E-state index contributed by atoms with van der Waals surface area (Å²) in [5, 5.41) is 1.87. The number of rotatable bonds is 6. The Morgan fingerprint density at radius 3 is 2.88 bits per heavy atom. The Kier molecular flexibility index (Phi) is 5.23. The van der Waals surface area contributed by atoms with Crippen LogP contribution in [0.5, 0.6) is 0 Å². The van der Waals surface area contributed by atoms with E-state index in [0.29, 0.717) is 0 Å². The minimum Gasteiger partial charge on any atom is -0.462 e. The summed E-state index contributed by atoms with van der Waals surface area (Å²) < 4.78 is 30.1. The van der Waals surface area contributed by atoms with Crippen molar-refractivity contribution in [3.8, 4) is 0 Å². The van der Waals surface area contributed by atoms with E-state index < -0.39 is 16.0 Å². The highest BCUT2D eigenvalue weighted by atomic mass is 35.5. The van der Waals surface area contributed by atoms with E-state index in [1.54, 1.807) is 12.3 Å². The predicted molar refractivity (Wildman–Crippen MR) is 68.4 cm³/mol. The first-order valence-corrected chi connectivity index (χ1v) is 7.88. The number of anilines is 1. The molecule has 0 aliphatic heterocycles. The number of thiophene rings is 1. The number of carbonyl (C=O) groups is 1. The van der Waals surface area contributed by atoms with Crippen molar-refractivity contribution in [3.63, 3.8) is 0 Å². The fourth-order valence-corrected chi connectivity index (χ4v) is 3.55. The van der Waals surface area contributed by atoms with Crippen LogP contribution in [0.2, 0.25) is 0 Å². The second-order valence-electron chi connectivity index (χ2n) is 2.99. The Morgan fingerprint density at radius 1 is 1.59 bits per heavy atom. The van der Waals surface area contributed by atoms with Crippen LogP contribution in [0.1, 0.15) is 17.3 Å². The summed E-state index contributed by atoms with van der Waals surface area (Å²) in [4.78, 5) is 11.5. The van der Waals surface area contributed by atoms with E-state index in [9.17, 15) is 13.2 Å². The largest absolute Gasteiger partial charge is 0.462 e. The third-order valence-electron chi connectivity index (χ3n) is 1.75. The van der Waals surface area contributed by atoms with Crippen LogP contribution in [-0.2, 0) is 14.8 Å². The van der Waals surface area contributed by atoms with E-state index >= 15 is 0 Å². The van der Waals surface area contributed by atoms with Crippen molar-refractivity contribution in [3.05, 3.63) is 17.0 Å². The van der Waals surface area contributed by atoms with Crippen molar-refractivity contribution in [2.45, 2.75) is 6.92 Å². The summed E-state index contributed by atoms with van der Waals surface area (Å²) in [5.74, 6) is -0.748. The Bertz CT molecular complexity index is 483. The molecule has 1 N–H and O–H groups in total. The fraction of sp³-hybridized carbons (Fsp3) is 0.444. The van der Waals surface area contributed by atoms with E-state index in [1.165, 1.54) is 6.07 Å². The molecule has 0 fully saturated rings. The van der Waals surface area contributed by atoms with E-state index in [1.807, 2.05) is 0 Å². The topological polar surface area (TPSA) is 72.5 Å². The van der Waals surface area contributed by atoms with Gasteiger partial charge in [0.05, 0.1) is 17.9 Å². The second-order valence-corrected chi connectivity index (χ2v) is 6.13. The third kappa shape index (κ3) is 4.18. The van der Waals surface area contributed by atoms with Crippen LogP contribution in [0, 0.1) is 0 Å². The van der Waals surface area contributed by atoms with Crippen LogP contribution >= 0.6 is 22.9 Å². The molecule has 1 aromatic rings. The van der Waals surface area contributed by atoms with Gasteiger partial charge in [-0.15, -0.1) is 22.9 Å². The van der Waals surface area contributed by atoms with Crippen molar-refractivity contribution >= 4 is 43.9 Å². The smallest absolute Gasteiger partial charge is 0.341 e. The van der Waals surface area contributed by atoms with Crippen LogP contribution in [0.3, 0.4) is 0 Å². The first-order chi connectivity index (χ1) is 8.00. The monoisotopic (exact) mass is 297 g/mol. The van der Waals surface area contributed by atoms with Gasteiger partial charge < -0.3 is 4.74 Å². The molecular formula is C9H12ClNO4S2. The highest BCUT2D eigenvalue weighted by Gasteiger charge is 2.18. The summed E-state index contributed by atoms with van der Waals surface area (Å²) in [6, 6.07) is 1.52. The Balaban J connectivity index is 2.86. The van der Waals surface area contributed by atoms with E-state index in [0.717, 1.165) is 11.3 Å². The maximum atomic E-state index is 11.5. The van der Waals surface area contributed by atoms with Gasteiger partial charge in [0, 0.05) is 5.88 Å². The normalized spacial score (nSPS) is 11.2. The highest BCUT2D eigenvalue weighted by molar-refractivity contribution is 7.93. The average molecular weight is 298 g/mol. The molecule has 8 heteroatoms. The molecule has 1 rings (SSSR count). The fourth-order valence-electron chi connectivity index (χ4n) is 1.05. The number of hydrogen-bond donors (Lipinski definition) is 1. The van der Waals surface area contributed by atoms with Crippen molar-refractivity contribution in [2.24, 2.45) is 0 Å². The molecule has 0 saturated heterocycles. The zero-order valence-corrected chi connectivity index (χ0v) is 11.5. The minimum atomic E-state index is -3.50. The van der Waals surface area contributed by atoms with Crippen molar-refractivity contribution in [2.75, 3.05) is 23.0 Å². The van der Waals surface area contributed by atoms with Gasteiger partial charge in [0.2, 0.25) is 10.0 Å². The number of nitrogens with one attached hydrogen (secondary N) is 1. The maximum absolute atomic E-state index is 11.5. The lowest BCUT2D eigenvalue weighted by molar-refractivity contribution is 0.0528. The molecule has 0 bridgehead atoms. The molecule has 0 aromatic carbocycles. The zero-order valence-electron chi connectivity index (χ0n) is 9.10. The average Bonchev–Trinajstić information content (AvgIpc) is 2.65. The summed E-state index contributed by atoms with van der Waals surface area (Å²) in [6.07, 6.45) is 0. The number of alkyl halides is 1. The molecule has 0 amide bonds. The van der Waals surface area contributed by atoms with Crippen LogP contribution < -0.4 is 4.72 Å². The molecule has 0 saturated carbocycles. The molecule has 0 spiro atoms. The molecule has 0 radical (unpaired) electrons. The van der Waals surface area contributed by atoms with Crippen LogP contribution in [-0.4, -0.2) is 32.6 Å². The first kappa shape index (κ1) is 14.3. The van der Waals surface area contributed by atoms with Gasteiger partial charge in [0.15, 0.2) is 0 Å². The maximum Gasteiger partial charge on any atom is 0.341 e. The van der Waals surface area contributed by atoms with Crippen molar-refractivity contribution in [1.29, 1.82) is 0 Å². The van der Waals surface area contributed by atoms with Gasteiger partial charge in [0.1, 0.15) is 5.00 Å². The molecule has 0 unspecified atom stereocenters. The lowest BCUT2D eigenvalue weighted by Gasteiger charge is -2.06. The van der Waals surface area contributed by atoms with Gasteiger partial charge in [-0.05, 0) is 18.4 Å². The van der Waals surface area contributed by atoms with Gasteiger partial charge in [-0.25, -0.2) is 13.2 Å². The van der Waals surface area contributed by atoms with Gasteiger partial charge >= 0.3 is 5.97 Å². The standard InChI is InChI=1S/C9H12ClNO4S2/c1-2-15-9(12)7-3-5-16-8(7)11-17(13,14)6-4-10/h3,5,11H,2,4,6H2,1H3. The summed E-state index contributed by atoms with van der Waals surface area (Å²) in [6.45, 7) is 1.92. The molecule has 96 valence electrons. The Labute approximate surface area is 109 Å². The molecule has 5 nitrogen and oxygen atoms in total. The van der Waals surface area contributed by atoms with E-state index in [4.69, 9.17) is 16.3 Å². The number of carbonyl (C=O) groups excluding carboxylic acids is 1. The summed E-state index contributed by atoms with van der Waals surface area (Å²) in [5.41, 5.74) is 0.218. The second kappa shape index (κ2) is 6.23. The zero-order chi connectivity index (χ0) is 12.9. The number of halogens is 1. The number of sulfonamides is 1. The minimum absolute atomic E-state index is 0.00452. The van der Waals surface area contributed by atoms with Gasteiger partial charge in [-0.2, -0.15) is 0 Å². The highest BCUT2D eigenvalue weighted by Crippen LogP contribution is 2.25.